The number of aromatic nitrogens is 3. The molecule has 2 atom stereocenters. The van der Waals surface area contributed by atoms with Crippen LogP contribution in [0, 0.1) is 11.3 Å². The highest BCUT2D eigenvalue weighted by Gasteiger charge is 2.52. The van der Waals surface area contributed by atoms with Gasteiger partial charge in [-0.2, -0.15) is 0 Å². The first-order chi connectivity index (χ1) is 13.1. The Morgan fingerprint density at radius 1 is 1.19 bits per heavy atom. The van der Waals surface area contributed by atoms with Gasteiger partial charge in [0.25, 0.3) is 0 Å². The highest BCUT2D eigenvalue weighted by atomic mass is 16.2. The zero-order valence-corrected chi connectivity index (χ0v) is 15.9. The van der Waals surface area contributed by atoms with Crippen LogP contribution in [0.2, 0.25) is 0 Å². The lowest BCUT2D eigenvalue weighted by molar-refractivity contribution is 0.149. The van der Waals surface area contributed by atoms with Crippen molar-refractivity contribution in [1.29, 1.82) is 0 Å². The van der Waals surface area contributed by atoms with Crippen LogP contribution >= 0.6 is 0 Å². The molecule has 0 amide bonds. The maximum atomic E-state index is 12.3. The minimum atomic E-state index is -0.0415. The third-order valence-electron chi connectivity index (χ3n) is 6.45. The molecule has 2 fully saturated rings. The molecule has 0 spiro atoms. The van der Waals surface area contributed by atoms with Gasteiger partial charge in [0.2, 0.25) is 0 Å². The summed E-state index contributed by atoms with van der Waals surface area (Å²) in [5.41, 5.74) is 2.66. The van der Waals surface area contributed by atoms with Gasteiger partial charge in [0, 0.05) is 57.1 Å². The van der Waals surface area contributed by atoms with Crippen LogP contribution in [0.15, 0.2) is 53.1 Å². The van der Waals surface area contributed by atoms with Gasteiger partial charge in [-0.15, -0.1) is 5.10 Å². The van der Waals surface area contributed by atoms with Crippen LogP contribution in [0.3, 0.4) is 0 Å². The van der Waals surface area contributed by atoms with Crippen LogP contribution in [0.25, 0.3) is 5.65 Å². The molecule has 2 unspecified atom stereocenters. The highest BCUT2D eigenvalue weighted by Crippen LogP contribution is 2.59. The van der Waals surface area contributed by atoms with E-state index in [0.29, 0.717) is 12.0 Å². The van der Waals surface area contributed by atoms with Crippen molar-refractivity contribution >= 4 is 5.65 Å². The highest BCUT2D eigenvalue weighted by molar-refractivity contribution is 5.35. The van der Waals surface area contributed by atoms with Crippen molar-refractivity contribution in [2.24, 2.45) is 11.3 Å². The van der Waals surface area contributed by atoms with Gasteiger partial charge in [-0.25, -0.2) is 9.48 Å². The molecular weight excluding hydrogens is 338 g/mol. The van der Waals surface area contributed by atoms with Gasteiger partial charge in [-0.3, -0.25) is 9.30 Å². The van der Waals surface area contributed by atoms with Crippen LogP contribution in [-0.2, 0) is 6.54 Å². The number of allylic oxidation sites excluding steroid dienone is 4. The predicted octanol–water partition coefficient (Wildman–Crippen LogP) is 1.98. The van der Waals surface area contributed by atoms with Crippen molar-refractivity contribution in [2.75, 3.05) is 32.7 Å². The second kappa shape index (κ2) is 6.37. The molecule has 0 radical (unpaired) electrons. The fourth-order valence-electron chi connectivity index (χ4n) is 4.60. The van der Waals surface area contributed by atoms with E-state index >= 15 is 0 Å². The molecule has 5 rings (SSSR count). The van der Waals surface area contributed by atoms with Crippen molar-refractivity contribution in [2.45, 2.75) is 26.3 Å². The molecule has 6 heteroatoms. The lowest BCUT2D eigenvalue weighted by Gasteiger charge is -2.38. The number of rotatable bonds is 5. The summed E-state index contributed by atoms with van der Waals surface area (Å²) in [5.74, 6) is 0.746. The quantitative estimate of drug-likeness (QED) is 0.813. The molecule has 0 N–H and O–H groups in total. The Bertz CT molecular complexity index is 962. The summed E-state index contributed by atoms with van der Waals surface area (Å²) in [6, 6.07) is 5.64. The van der Waals surface area contributed by atoms with E-state index in [1.165, 1.54) is 6.42 Å². The van der Waals surface area contributed by atoms with Crippen molar-refractivity contribution in [3.8, 4) is 0 Å². The number of nitrogens with zero attached hydrogens (tertiary/aromatic N) is 5. The number of pyridine rings is 1. The monoisotopic (exact) mass is 365 g/mol. The maximum Gasteiger partial charge on any atom is 0.350 e. The van der Waals surface area contributed by atoms with Crippen LogP contribution in [0.5, 0.6) is 0 Å². The molecule has 2 aliphatic carbocycles. The Morgan fingerprint density at radius 3 is 2.85 bits per heavy atom. The molecule has 1 saturated heterocycles. The maximum absolute atomic E-state index is 12.3. The molecule has 3 aliphatic rings. The van der Waals surface area contributed by atoms with Crippen LogP contribution in [0.4, 0.5) is 0 Å². The van der Waals surface area contributed by atoms with Gasteiger partial charge >= 0.3 is 5.69 Å². The predicted molar refractivity (Wildman–Crippen MR) is 106 cm³/mol. The van der Waals surface area contributed by atoms with E-state index in [9.17, 15) is 4.79 Å². The van der Waals surface area contributed by atoms with E-state index in [1.807, 2.05) is 18.2 Å². The van der Waals surface area contributed by atoms with Crippen molar-refractivity contribution < 1.29 is 0 Å². The molecule has 2 aromatic heterocycles. The molecule has 2 aromatic rings. The summed E-state index contributed by atoms with van der Waals surface area (Å²) in [5, 5.41) is 4.41. The van der Waals surface area contributed by atoms with Crippen LogP contribution in [0.1, 0.15) is 19.8 Å². The second-order valence-electron chi connectivity index (χ2n) is 8.33. The lowest BCUT2D eigenvalue weighted by atomic mass is 9.99. The Kier molecular flexibility index (Phi) is 3.97. The first-order valence-corrected chi connectivity index (χ1v) is 10.0. The number of piperazine rings is 1. The summed E-state index contributed by atoms with van der Waals surface area (Å²) in [4.78, 5) is 17.4. The summed E-state index contributed by atoms with van der Waals surface area (Å²) < 4.78 is 3.20. The average molecular weight is 365 g/mol. The summed E-state index contributed by atoms with van der Waals surface area (Å²) in [6.45, 7) is 8.50. The Morgan fingerprint density at radius 2 is 2.04 bits per heavy atom. The zero-order chi connectivity index (χ0) is 18.4. The van der Waals surface area contributed by atoms with Gasteiger partial charge in [0.05, 0.1) is 0 Å². The summed E-state index contributed by atoms with van der Waals surface area (Å²) >= 11 is 0. The number of aryl methyl sites for hydroxylation is 1. The lowest BCUT2D eigenvalue weighted by Crippen LogP contribution is -2.46. The SMILES string of the molecule is CC12C=CC=C(N3CCN(CCCn4nc5ccccn5c4=O)CC3)C1C2. The zero-order valence-electron chi connectivity index (χ0n) is 15.9. The van der Waals surface area contributed by atoms with Crippen molar-refractivity contribution in [1.82, 2.24) is 24.0 Å². The number of fused-ring (bicyclic) bond motifs is 2. The van der Waals surface area contributed by atoms with Gasteiger partial charge in [0.15, 0.2) is 5.65 Å². The third kappa shape index (κ3) is 3.02. The van der Waals surface area contributed by atoms with Crippen LogP contribution in [-0.4, -0.2) is 56.7 Å². The molecule has 27 heavy (non-hydrogen) atoms. The molecule has 6 nitrogen and oxygen atoms in total. The van der Waals surface area contributed by atoms with E-state index in [0.717, 1.165) is 50.7 Å². The van der Waals surface area contributed by atoms with Gasteiger partial charge in [0.1, 0.15) is 0 Å². The fraction of sp³-hybridized carbons (Fsp3) is 0.524. The Hall–Kier alpha value is -2.34. The summed E-state index contributed by atoms with van der Waals surface area (Å²) in [6.07, 6.45) is 11.0. The fourth-order valence-corrected chi connectivity index (χ4v) is 4.60. The molecule has 0 bridgehead atoms. The largest absolute Gasteiger partial charge is 0.372 e. The van der Waals surface area contributed by atoms with Crippen molar-refractivity contribution in [3.05, 3.63) is 58.8 Å². The second-order valence-corrected chi connectivity index (χ2v) is 8.33. The molecule has 1 saturated carbocycles. The van der Waals surface area contributed by atoms with Gasteiger partial charge < -0.3 is 4.90 Å². The minimum absolute atomic E-state index is 0.0415. The molecule has 142 valence electrons. The van der Waals surface area contributed by atoms with Gasteiger partial charge in [-0.1, -0.05) is 25.1 Å². The van der Waals surface area contributed by atoms with Crippen LogP contribution < -0.4 is 5.69 Å². The van der Waals surface area contributed by atoms with E-state index in [4.69, 9.17) is 0 Å². The molecular formula is C21H27N5O. The van der Waals surface area contributed by atoms with E-state index in [2.05, 4.69) is 40.1 Å². The first kappa shape index (κ1) is 16.8. The third-order valence-corrected chi connectivity index (χ3v) is 6.45. The average Bonchev–Trinajstić information content (AvgIpc) is 3.30. The number of hydrogen-bond donors (Lipinski definition) is 0. The van der Waals surface area contributed by atoms with E-state index < -0.39 is 0 Å². The summed E-state index contributed by atoms with van der Waals surface area (Å²) in [7, 11) is 0. The van der Waals surface area contributed by atoms with Gasteiger partial charge in [-0.05, 0) is 36.5 Å². The Labute approximate surface area is 159 Å². The minimum Gasteiger partial charge on any atom is -0.372 e. The van der Waals surface area contributed by atoms with E-state index in [-0.39, 0.29) is 5.69 Å². The first-order valence-electron chi connectivity index (χ1n) is 10.0. The normalized spacial score (nSPS) is 27.7. The Balaban J connectivity index is 1.13. The smallest absolute Gasteiger partial charge is 0.350 e. The topological polar surface area (TPSA) is 45.8 Å². The van der Waals surface area contributed by atoms with Crippen molar-refractivity contribution in [3.63, 3.8) is 0 Å². The van der Waals surface area contributed by atoms with E-state index in [1.54, 1.807) is 21.0 Å². The molecule has 0 aromatic carbocycles. The number of hydrogen-bond acceptors (Lipinski definition) is 4. The molecule has 3 heterocycles. The molecule has 1 aliphatic heterocycles. The standard InChI is InChI=1S/C21H27N5O/c1-21-8-4-6-18(17(21)16-21)24-14-12-23(13-15-24)9-5-11-26-20(27)25-10-3-2-7-19(25)22-26/h2-4,6-8,10,17H,5,9,11-16H2,1H3.